The van der Waals surface area contributed by atoms with Gasteiger partial charge in [-0.05, 0) is 38.5 Å². The summed E-state index contributed by atoms with van der Waals surface area (Å²) in [6.45, 7) is 1.42. The highest BCUT2D eigenvalue weighted by Gasteiger charge is 2.59. The van der Waals surface area contributed by atoms with Gasteiger partial charge in [0.15, 0.2) is 5.60 Å². The molecule has 1 aliphatic heterocycles. The Hall–Kier alpha value is -2.65. The van der Waals surface area contributed by atoms with Gasteiger partial charge in [-0.2, -0.15) is 23.5 Å². The van der Waals surface area contributed by atoms with Crippen molar-refractivity contribution < 1.29 is 27.5 Å². The quantitative estimate of drug-likeness (QED) is 0.485. The van der Waals surface area contributed by atoms with Crippen molar-refractivity contribution in [2.45, 2.75) is 70.1 Å². The smallest absolute Gasteiger partial charge is 0.365 e. The minimum Gasteiger partial charge on any atom is -0.365 e. The predicted octanol–water partition coefficient (Wildman–Crippen LogP) is 3.26. The molecule has 1 saturated heterocycles. The predicted molar refractivity (Wildman–Crippen MR) is 119 cm³/mol. The number of primary amides is 1. The Kier molecular flexibility index (Phi) is 10.3. The molecule has 1 aromatic rings. The third-order valence-corrected chi connectivity index (χ3v) is 5.96. The number of H-pyrrole nitrogens is 1. The second kappa shape index (κ2) is 12.7. The number of ether oxygens (including phenoxy) is 1. The summed E-state index contributed by atoms with van der Waals surface area (Å²) in [6, 6.07) is 2.24. The summed E-state index contributed by atoms with van der Waals surface area (Å²) in [5.74, 6) is 0.416. The second-order valence-electron chi connectivity index (χ2n) is 8.68. The lowest BCUT2D eigenvalue weighted by molar-refractivity contribution is -0.291. The maximum atomic E-state index is 12.2. The molecule has 2 aliphatic carbocycles. The highest BCUT2D eigenvalue weighted by atomic mass is 19.4. The molecule has 4 rings (SSSR count). The highest BCUT2D eigenvalue weighted by Crippen LogP contribution is 2.36. The number of hydrogen-bond acceptors (Lipinski definition) is 6. The molecule has 0 radical (unpaired) electrons. The molecule has 190 valence electrons. The Bertz CT molecular complexity index is 838. The molecular formula is C22H33F3N6O3. The number of carbonyl (C=O) groups is 2. The molecule has 9 nitrogen and oxygen atoms in total. The molecule has 2 heterocycles. The maximum absolute atomic E-state index is 12.2. The maximum Gasteiger partial charge on any atom is 0.419 e. The van der Waals surface area contributed by atoms with Crippen LogP contribution >= 0.6 is 0 Å². The van der Waals surface area contributed by atoms with Crippen LogP contribution in [-0.2, 0) is 9.53 Å². The Balaban J connectivity index is 0.000000185. The van der Waals surface area contributed by atoms with E-state index in [1.807, 2.05) is 0 Å². The lowest BCUT2D eigenvalue weighted by Crippen LogP contribution is -2.69. The number of carbonyl (C=O) groups excluding carboxylic acids is 2. The van der Waals surface area contributed by atoms with Crippen LogP contribution < -0.4 is 16.4 Å². The first-order valence-electron chi connectivity index (χ1n) is 11.6. The average molecular weight is 487 g/mol. The van der Waals surface area contributed by atoms with Crippen molar-refractivity contribution in [3.8, 4) is 6.07 Å². The number of alkyl halides is 3. The molecule has 2 saturated carbocycles. The fourth-order valence-corrected chi connectivity index (χ4v) is 3.67. The van der Waals surface area contributed by atoms with E-state index in [9.17, 15) is 22.8 Å². The molecular weight excluding hydrogens is 453 g/mol. The van der Waals surface area contributed by atoms with Gasteiger partial charge in [-0.3, -0.25) is 14.7 Å². The molecule has 0 aromatic carbocycles. The molecule has 0 unspecified atom stereocenters. The van der Waals surface area contributed by atoms with Crippen LogP contribution in [0, 0.1) is 23.2 Å². The van der Waals surface area contributed by atoms with E-state index in [0.717, 1.165) is 25.2 Å². The van der Waals surface area contributed by atoms with Crippen molar-refractivity contribution in [3.63, 3.8) is 0 Å². The average Bonchev–Trinajstić information content (AvgIpc) is 3.51. The van der Waals surface area contributed by atoms with Crippen molar-refractivity contribution in [2.24, 2.45) is 17.6 Å². The van der Waals surface area contributed by atoms with Crippen LogP contribution in [0.4, 0.5) is 19.0 Å². The van der Waals surface area contributed by atoms with Crippen LogP contribution in [-0.4, -0.2) is 53.5 Å². The van der Waals surface area contributed by atoms with Gasteiger partial charge in [-0.25, -0.2) is 0 Å². The molecule has 0 atom stereocenters. The fraction of sp³-hybridized carbons (Fsp3) is 0.727. The second-order valence-corrected chi connectivity index (χ2v) is 8.68. The van der Waals surface area contributed by atoms with Crippen LogP contribution in [0.1, 0.15) is 68.6 Å². The molecule has 3 fully saturated rings. The van der Waals surface area contributed by atoms with Gasteiger partial charge in [-0.15, -0.1) is 0 Å². The van der Waals surface area contributed by atoms with E-state index in [4.69, 9.17) is 11.0 Å². The number of nitrogens with two attached hydrogens (primary N) is 1. The van der Waals surface area contributed by atoms with Crippen LogP contribution in [0.2, 0.25) is 0 Å². The van der Waals surface area contributed by atoms with E-state index in [1.165, 1.54) is 38.3 Å². The zero-order valence-electron chi connectivity index (χ0n) is 19.3. The zero-order valence-corrected chi connectivity index (χ0v) is 19.3. The number of nitrogens with zero attached hydrogens (tertiary/aromatic N) is 2. The van der Waals surface area contributed by atoms with Crippen molar-refractivity contribution >= 4 is 17.6 Å². The number of rotatable bonds is 6. The van der Waals surface area contributed by atoms with E-state index >= 15 is 0 Å². The number of amides is 2. The summed E-state index contributed by atoms with van der Waals surface area (Å²) in [4.78, 5) is 22.2. The summed E-state index contributed by atoms with van der Waals surface area (Å²) in [5, 5.41) is 19.6. The number of nitriles is 1. The van der Waals surface area contributed by atoms with Gasteiger partial charge < -0.3 is 21.1 Å². The lowest BCUT2D eigenvalue weighted by atomic mass is 9.87. The molecule has 0 spiro atoms. The van der Waals surface area contributed by atoms with E-state index in [-0.39, 0.29) is 42.9 Å². The van der Waals surface area contributed by atoms with Gasteiger partial charge in [0.25, 0.3) is 5.91 Å². The first-order chi connectivity index (χ1) is 16.1. The van der Waals surface area contributed by atoms with Crippen LogP contribution in [0.25, 0.3) is 0 Å². The standard InChI is InChI=1S/C8H10N4O2.C8H13N.C6H10F3NO/c9-6(13)5-3-10-12-7(5)11-8(14)4-1-2-4;9-7-6-8-4-2-1-3-5-8;1-2-11-5(3-10-4-5)6(7,8)9/h3-4H,1-2H2,(H2,9,13)(H2,10,11,12,14);8H,1-6H2;10H,2-4H2,1H3. The molecule has 12 heteroatoms. The number of anilines is 1. The van der Waals surface area contributed by atoms with Gasteiger partial charge in [0.2, 0.25) is 5.91 Å². The number of halogens is 3. The summed E-state index contributed by atoms with van der Waals surface area (Å²) in [7, 11) is 0. The number of aromatic amines is 1. The molecule has 1 aromatic heterocycles. The Morgan fingerprint density at radius 3 is 2.32 bits per heavy atom. The van der Waals surface area contributed by atoms with Gasteiger partial charge in [0.1, 0.15) is 11.4 Å². The fourth-order valence-electron chi connectivity index (χ4n) is 3.67. The van der Waals surface area contributed by atoms with Gasteiger partial charge >= 0.3 is 6.18 Å². The van der Waals surface area contributed by atoms with Crippen molar-refractivity contribution in [1.82, 2.24) is 15.5 Å². The SMILES string of the molecule is CCOC1(C(F)(F)F)CNC1.N#CCC1CCCCC1.NC(=O)c1cn[nH]c1NC(=O)C1CC1. The van der Waals surface area contributed by atoms with Gasteiger partial charge in [-0.1, -0.05) is 19.3 Å². The first-order valence-corrected chi connectivity index (χ1v) is 11.6. The van der Waals surface area contributed by atoms with E-state index in [1.54, 1.807) is 6.92 Å². The summed E-state index contributed by atoms with van der Waals surface area (Å²) >= 11 is 0. The Labute approximate surface area is 197 Å². The van der Waals surface area contributed by atoms with Crippen molar-refractivity contribution in [3.05, 3.63) is 11.8 Å². The topological polar surface area (TPSA) is 146 Å². The van der Waals surface area contributed by atoms with Crippen molar-refractivity contribution in [2.75, 3.05) is 25.0 Å². The van der Waals surface area contributed by atoms with E-state index < -0.39 is 17.7 Å². The molecule has 34 heavy (non-hydrogen) atoms. The summed E-state index contributed by atoms with van der Waals surface area (Å²) < 4.78 is 41.2. The summed E-state index contributed by atoms with van der Waals surface area (Å²) in [5.41, 5.74) is 3.38. The van der Waals surface area contributed by atoms with Gasteiger partial charge in [0.05, 0.1) is 12.3 Å². The zero-order chi connectivity index (χ0) is 25.2. The first kappa shape index (κ1) is 27.6. The van der Waals surface area contributed by atoms with Gasteiger partial charge in [0, 0.05) is 32.0 Å². The van der Waals surface area contributed by atoms with Crippen LogP contribution in [0.3, 0.4) is 0 Å². The van der Waals surface area contributed by atoms with E-state index in [2.05, 4.69) is 31.6 Å². The molecule has 3 aliphatic rings. The highest BCUT2D eigenvalue weighted by molar-refractivity contribution is 6.02. The van der Waals surface area contributed by atoms with Crippen molar-refractivity contribution in [1.29, 1.82) is 5.26 Å². The Morgan fingerprint density at radius 2 is 1.91 bits per heavy atom. The third-order valence-electron chi connectivity index (χ3n) is 5.96. The minimum absolute atomic E-state index is 0.0824. The molecule has 0 bridgehead atoms. The Morgan fingerprint density at radius 1 is 1.26 bits per heavy atom. The van der Waals surface area contributed by atoms with Crippen LogP contribution in [0.15, 0.2) is 6.20 Å². The molecule has 5 N–H and O–H groups in total. The monoisotopic (exact) mass is 486 g/mol. The molecule has 2 amide bonds. The number of aromatic nitrogens is 2. The normalized spacial score (nSPS) is 19.3. The lowest BCUT2D eigenvalue weighted by Gasteiger charge is -2.42. The minimum atomic E-state index is -4.24. The number of hydrogen-bond donors (Lipinski definition) is 4. The largest absolute Gasteiger partial charge is 0.419 e. The van der Waals surface area contributed by atoms with Crippen LogP contribution in [0.5, 0.6) is 0 Å². The number of nitrogens with one attached hydrogen (secondary N) is 3. The van der Waals surface area contributed by atoms with E-state index in [0.29, 0.717) is 0 Å². The summed E-state index contributed by atoms with van der Waals surface area (Å²) in [6.07, 6.45) is 6.36. The third kappa shape index (κ3) is 7.99.